The van der Waals surface area contributed by atoms with Crippen LogP contribution in [0, 0.1) is 0 Å². The van der Waals surface area contributed by atoms with Gasteiger partial charge in [0.2, 0.25) is 0 Å². The summed E-state index contributed by atoms with van der Waals surface area (Å²) in [5, 5.41) is 2.48. The molecular weight excluding hydrogens is 302 g/mol. The number of hydrogen-bond acceptors (Lipinski definition) is 0. The number of halogens is 1. The van der Waals surface area contributed by atoms with Crippen molar-refractivity contribution in [3.05, 3.63) is 83.9 Å². The fourth-order valence-electron chi connectivity index (χ4n) is 3.62. The Labute approximate surface area is 146 Å². The second-order valence-corrected chi connectivity index (χ2v) is 7.46. The summed E-state index contributed by atoms with van der Waals surface area (Å²) in [7, 11) is 0. The zero-order chi connectivity index (χ0) is 15.6. The van der Waals surface area contributed by atoms with Gasteiger partial charge in [-0.05, 0) is 38.0 Å². The summed E-state index contributed by atoms with van der Waals surface area (Å²) in [6.45, 7) is 6.85. The molecule has 0 bridgehead atoms. The number of hydrogen-bond donors (Lipinski definition) is 1. The Kier molecular flexibility index (Phi) is 5.33. The first-order chi connectivity index (χ1) is 10.5. The Morgan fingerprint density at radius 3 is 1.78 bits per heavy atom. The van der Waals surface area contributed by atoms with Gasteiger partial charge in [0.1, 0.15) is 6.04 Å². The van der Waals surface area contributed by atoms with Crippen molar-refractivity contribution in [2.75, 3.05) is 0 Å². The van der Waals surface area contributed by atoms with Crippen LogP contribution in [0.1, 0.15) is 38.3 Å². The van der Waals surface area contributed by atoms with Crippen LogP contribution in [0.15, 0.2) is 72.8 Å². The fraction of sp³-hybridized carbons (Fsp3) is 0.333. The first kappa shape index (κ1) is 17.8. The van der Waals surface area contributed by atoms with Crippen molar-refractivity contribution in [1.82, 2.24) is 0 Å². The molecule has 2 aromatic rings. The van der Waals surface area contributed by atoms with E-state index in [-0.39, 0.29) is 23.4 Å². The number of rotatable bonds is 3. The van der Waals surface area contributed by atoms with Crippen LogP contribution >= 0.6 is 0 Å². The highest BCUT2D eigenvalue weighted by Gasteiger charge is 2.40. The molecule has 0 saturated carbocycles. The van der Waals surface area contributed by atoms with Crippen LogP contribution in [-0.2, 0) is 5.41 Å². The molecule has 0 aliphatic heterocycles. The third-order valence-electron chi connectivity index (χ3n) is 4.48. The van der Waals surface area contributed by atoms with Crippen molar-refractivity contribution in [3.63, 3.8) is 0 Å². The van der Waals surface area contributed by atoms with Gasteiger partial charge in [-0.3, -0.25) is 0 Å². The molecule has 0 spiro atoms. The van der Waals surface area contributed by atoms with Gasteiger partial charge in [-0.15, -0.1) is 0 Å². The summed E-state index contributed by atoms with van der Waals surface area (Å²) in [5.74, 6) is 0. The number of benzene rings is 2. The molecule has 1 atom stereocenters. The van der Waals surface area contributed by atoms with Crippen LogP contribution in [0.25, 0.3) is 0 Å². The quantitative estimate of drug-likeness (QED) is 0.798. The molecule has 0 fully saturated rings. The summed E-state index contributed by atoms with van der Waals surface area (Å²) in [6, 6.07) is 22.4. The lowest BCUT2D eigenvalue weighted by atomic mass is 9.73. The van der Waals surface area contributed by atoms with Gasteiger partial charge >= 0.3 is 0 Å². The number of nitrogens with two attached hydrogens (primary N) is 1. The van der Waals surface area contributed by atoms with Crippen LogP contribution < -0.4 is 17.7 Å². The van der Waals surface area contributed by atoms with Gasteiger partial charge in [0.05, 0.1) is 5.54 Å². The second kappa shape index (κ2) is 6.90. The maximum Gasteiger partial charge on any atom is 0.106 e. The molecule has 0 amide bonds. The molecule has 0 radical (unpaired) electrons. The topological polar surface area (TPSA) is 16.6 Å². The van der Waals surface area contributed by atoms with E-state index in [0.717, 1.165) is 6.42 Å². The number of quaternary nitrogens is 1. The SMILES string of the molecule is CC(C)(C)[NH2+][C@@H]1C=CC(c2ccccc2)(c2ccccc2)C1.[Cl-]. The lowest BCUT2D eigenvalue weighted by Gasteiger charge is -2.31. The molecule has 2 heteroatoms. The van der Waals surface area contributed by atoms with E-state index in [9.17, 15) is 0 Å². The smallest absolute Gasteiger partial charge is 0.106 e. The van der Waals surface area contributed by atoms with Crippen molar-refractivity contribution < 1.29 is 17.7 Å². The normalized spacial score (nSPS) is 19.3. The van der Waals surface area contributed by atoms with E-state index in [4.69, 9.17) is 0 Å². The average molecular weight is 328 g/mol. The highest BCUT2D eigenvalue weighted by Crippen LogP contribution is 2.41. The third-order valence-corrected chi connectivity index (χ3v) is 4.48. The monoisotopic (exact) mass is 327 g/mol. The third kappa shape index (κ3) is 3.85. The highest BCUT2D eigenvalue weighted by molar-refractivity contribution is 5.47. The Morgan fingerprint density at radius 2 is 1.35 bits per heavy atom. The summed E-state index contributed by atoms with van der Waals surface area (Å²) < 4.78 is 0. The standard InChI is InChI=1S/C21H25N.ClH/c1-20(2,3)22-19-14-15-21(16-19,17-10-6-4-7-11-17)18-12-8-5-9-13-18;/h4-15,19,22H,16H2,1-3H3;1H/t19-;/m1./s1. The predicted octanol–water partition coefficient (Wildman–Crippen LogP) is 0.667. The fourth-order valence-corrected chi connectivity index (χ4v) is 3.62. The molecule has 1 nitrogen and oxygen atoms in total. The second-order valence-electron chi connectivity index (χ2n) is 7.46. The minimum Gasteiger partial charge on any atom is -1.00 e. The van der Waals surface area contributed by atoms with E-state index in [0.29, 0.717) is 6.04 Å². The van der Waals surface area contributed by atoms with Gasteiger partial charge in [0.25, 0.3) is 0 Å². The average Bonchev–Trinajstić information content (AvgIpc) is 2.92. The van der Waals surface area contributed by atoms with E-state index in [2.05, 4.69) is 98.9 Å². The van der Waals surface area contributed by atoms with Gasteiger partial charge in [-0.25, -0.2) is 0 Å². The van der Waals surface area contributed by atoms with Gasteiger partial charge in [-0.2, -0.15) is 0 Å². The first-order valence-corrected chi connectivity index (χ1v) is 8.16. The Bertz CT molecular complexity index is 601. The molecule has 0 heterocycles. The van der Waals surface area contributed by atoms with Crippen molar-refractivity contribution in [1.29, 1.82) is 0 Å². The van der Waals surface area contributed by atoms with Crippen molar-refractivity contribution in [2.45, 2.75) is 44.2 Å². The van der Waals surface area contributed by atoms with Crippen LogP contribution in [0.4, 0.5) is 0 Å². The predicted molar refractivity (Wildman–Crippen MR) is 92.9 cm³/mol. The molecule has 23 heavy (non-hydrogen) atoms. The van der Waals surface area contributed by atoms with Gasteiger partial charge < -0.3 is 17.7 Å². The molecule has 2 aromatic carbocycles. The van der Waals surface area contributed by atoms with Gasteiger partial charge in [-0.1, -0.05) is 66.7 Å². The molecule has 122 valence electrons. The zero-order valence-corrected chi connectivity index (χ0v) is 14.9. The minimum atomic E-state index is 0. The minimum absolute atomic E-state index is 0. The summed E-state index contributed by atoms with van der Waals surface area (Å²) in [4.78, 5) is 0. The van der Waals surface area contributed by atoms with Crippen LogP contribution in [0.2, 0.25) is 0 Å². The largest absolute Gasteiger partial charge is 1.00 e. The van der Waals surface area contributed by atoms with Crippen molar-refractivity contribution in [3.8, 4) is 0 Å². The van der Waals surface area contributed by atoms with Crippen molar-refractivity contribution >= 4 is 0 Å². The van der Waals surface area contributed by atoms with E-state index >= 15 is 0 Å². The lowest BCUT2D eigenvalue weighted by molar-refractivity contribution is -0.738. The molecule has 0 aromatic heterocycles. The Balaban J connectivity index is 0.00000192. The lowest BCUT2D eigenvalue weighted by Crippen LogP contribution is -3.00. The summed E-state index contributed by atoms with van der Waals surface area (Å²) in [5.41, 5.74) is 3.04. The Morgan fingerprint density at radius 1 is 0.870 bits per heavy atom. The van der Waals surface area contributed by atoms with Crippen LogP contribution in [-0.4, -0.2) is 11.6 Å². The van der Waals surface area contributed by atoms with E-state index in [1.165, 1.54) is 11.1 Å². The van der Waals surface area contributed by atoms with Gasteiger partial charge in [0, 0.05) is 11.8 Å². The van der Waals surface area contributed by atoms with E-state index < -0.39 is 0 Å². The molecule has 2 N–H and O–H groups in total. The summed E-state index contributed by atoms with van der Waals surface area (Å²) in [6.07, 6.45) is 5.94. The molecule has 0 saturated heterocycles. The first-order valence-electron chi connectivity index (χ1n) is 8.16. The maximum absolute atomic E-state index is 2.48. The molecule has 1 aliphatic rings. The highest BCUT2D eigenvalue weighted by atomic mass is 35.5. The summed E-state index contributed by atoms with van der Waals surface area (Å²) >= 11 is 0. The maximum atomic E-state index is 2.48. The van der Waals surface area contributed by atoms with Crippen molar-refractivity contribution in [2.24, 2.45) is 0 Å². The molecule has 3 rings (SSSR count). The van der Waals surface area contributed by atoms with Crippen LogP contribution in [0.3, 0.4) is 0 Å². The molecular formula is C21H26ClN. The molecule has 0 unspecified atom stereocenters. The van der Waals surface area contributed by atoms with Crippen LogP contribution in [0.5, 0.6) is 0 Å². The zero-order valence-electron chi connectivity index (χ0n) is 14.2. The molecule has 1 aliphatic carbocycles. The Hall–Kier alpha value is -1.57. The van der Waals surface area contributed by atoms with Gasteiger partial charge in [0.15, 0.2) is 0 Å². The van der Waals surface area contributed by atoms with E-state index in [1.54, 1.807) is 0 Å². The van der Waals surface area contributed by atoms with E-state index in [1.807, 2.05) is 0 Å². The number of allylic oxidation sites excluding steroid dienone is 1.